The zero-order valence-electron chi connectivity index (χ0n) is 12.7. The largest absolute Gasteiger partial charge is 0.324 e. The number of carbonyl (C=O) groups is 2. The van der Waals surface area contributed by atoms with Crippen molar-refractivity contribution in [1.29, 1.82) is 0 Å². The Morgan fingerprint density at radius 1 is 1.18 bits per heavy atom. The Kier molecular flexibility index (Phi) is 3.67. The second-order valence-electron chi connectivity index (χ2n) is 5.66. The van der Waals surface area contributed by atoms with Crippen LogP contribution in [-0.2, 0) is 4.79 Å². The van der Waals surface area contributed by atoms with Gasteiger partial charge in [-0.2, -0.15) is 0 Å². The van der Waals surface area contributed by atoms with E-state index in [0.29, 0.717) is 11.3 Å². The first-order chi connectivity index (χ1) is 10.6. The van der Waals surface area contributed by atoms with Gasteiger partial charge in [-0.15, -0.1) is 0 Å². The van der Waals surface area contributed by atoms with Gasteiger partial charge in [0.15, 0.2) is 0 Å². The Morgan fingerprint density at radius 2 is 1.95 bits per heavy atom. The molecule has 0 radical (unpaired) electrons. The van der Waals surface area contributed by atoms with Crippen LogP contribution < -0.4 is 10.2 Å². The van der Waals surface area contributed by atoms with E-state index in [9.17, 15) is 9.59 Å². The summed E-state index contributed by atoms with van der Waals surface area (Å²) in [5, 5.41) is 2.87. The van der Waals surface area contributed by atoms with E-state index in [4.69, 9.17) is 0 Å². The van der Waals surface area contributed by atoms with Crippen LogP contribution in [0, 0.1) is 6.92 Å². The summed E-state index contributed by atoms with van der Waals surface area (Å²) in [4.78, 5) is 26.6. The summed E-state index contributed by atoms with van der Waals surface area (Å²) in [6.45, 7) is 3.86. The van der Waals surface area contributed by atoms with Crippen LogP contribution in [-0.4, -0.2) is 17.9 Å². The lowest BCUT2D eigenvalue weighted by Gasteiger charge is -2.28. The number of amides is 2. The summed E-state index contributed by atoms with van der Waals surface area (Å²) in [6.07, 6.45) is 0.284. The number of hydrogen-bond acceptors (Lipinski definition) is 2. The first-order valence-corrected chi connectivity index (χ1v) is 7.35. The first-order valence-electron chi connectivity index (χ1n) is 7.35. The summed E-state index contributed by atoms with van der Waals surface area (Å²) in [7, 11) is 0. The van der Waals surface area contributed by atoms with Gasteiger partial charge in [-0.1, -0.05) is 29.8 Å². The molecule has 2 amide bonds. The van der Waals surface area contributed by atoms with Crippen LogP contribution in [0.3, 0.4) is 0 Å². The van der Waals surface area contributed by atoms with Crippen molar-refractivity contribution < 1.29 is 9.59 Å². The van der Waals surface area contributed by atoms with Crippen molar-refractivity contribution in [2.24, 2.45) is 0 Å². The Morgan fingerprint density at radius 3 is 2.73 bits per heavy atom. The average Bonchev–Trinajstić information content (AvgIpc) is 2.61. The second-order valence-corrected chi connectivity index (χ2v) is 5.66. The minimum atomic E-state index is -0.198. The number of aryl methyl sites for hydroxylation is 1. The summed E-state index contributed by atoms with van der Waals surface area (Å²) in [5.41, 5.74) is 3.09. The molecule has 1 unspecified atom stereocenters. The maximum absolute atomic E-state index is 13.0. The molecule has 4 nitrogen and oxygen atoms in total. The highest BCUT2D eigenvalue weighted by Crippen LogP contribution is 2.32. The number of fused-ring (bicyclic) bond motifs is 1. The lowest BCUT2D eigenvalue weighted by Crippen LogP contribution is -2.39. The molecule has 1 aliphatic heterocycles. The van der Waals surface area contributed by atoms with Gasteiger partial charge >= 0.3 is 0 Å². The molecule has 1 heterocycles. The van der Waals surface area contributed by atoms with Gasteiger partial charge in [0.05, 0.1) is 11.4 Å². The summed E-state index contributed by atoms with van der Waals surface area (Å²) in [5.74, 6) is -0.153. The van der Waals surface area contributed by atoms with E-state index in [0.717, 1.165) is 11.3 Å². The van der Waals surface area contributed by atoms with Crippen molar-refractivity contribution in [2.45, 2.75) is 26.3 Å². The molecule has 22 heavy (non-hydrogen) atoms. The van der Waals surface area contributed by atoms with E-state index in [2.05, 4.69) is 5.32 Å². The Bertz CT molecular complexity index is 739. The fourth-order valence-corrected chi connectivity index (χ4v) is 2.81. The maximum atomic E-state index is 13.0. The van der Waals surface area contributed by atoms with E-state index >= 15 is 0 Å². The number of nitrogens with zero attached hydrogens (tertiary/aromatic N) is 1. The van der Waals surface area contributed by atoms with Gasteiger partial charge < -0.3 is 10.2 Å². The Balaban J connectivity index is 2.08. The third-order valence-electron chi connectivity index (χ3n) is 3.84. The number of benzene rings is 2. The fraction of sp³-hybridized carbons (Fsp3) is 0.222. The van der Waals surface area contributed by atoms with Crippen LogP contribution >= 0.6 is 0 Å². The number of anilines is 2. The van der Waals surface area contributed by atoms with E-state index in [1.165, 1.54) is 0 Å². The molecular weight excluding hydrogens is 276 g/mol. The molecule has 1 atom stereocenters. The standard InChI is InChI=1S/C18H18N2O2/c1-12-6-5-7-14(10-12)18(22)20-13(2)11-17(21)19-15-8-3-4-9-16(15)20/h3-10,13H,11H2,1-2H3,(H,19,21). The van der Waals surface area contributed by atoms with Crippen LogP contribution in [0.2, 0.25) is 0 Å². The van der Waals surface area contributed by atoms with Gasteiger partial charge in [0, 0.05) is 18.0 Å². The average molecular weight is 294 g/mol. The first kappa shape index (κ1) is 14.3. The molecule has 0 saturated heterocycles. The molecule has 0 bridgehead atoms. The number of para-hydroxylation sites is 2. The summed E-state index contributed by atoms with van der Waals surface area (Å²) in [6, 6.07) is 14.7. The number of rotatable bonds is 1. The topological polar surface area (TPSA) is 49.4 Å². The van der Waals surface area contributed by atoms with Crippen molar-refractivity contribution in [2.75, 3.05) is 10.2 Å². The predicted molar refractivity (Wildman–Crippen MR) is 87.1 cm³/mol. The third kappa shape index (κ3) is 2.60. The summed E-state index contributed by atoms with van der Waals surface area (Å²) < 4.78 is 0. The highest BCUT2D eigenvalue weighted by atomic mass is 16.2. The van der Waals surface area contributed by atoms with Crippen LogP contribution in [0.5, 0.6) is 0 Å². The van der Waals surface area contributed by atoms with Crippen molar-refractivity contribution in [1.82, 2.24) is 0 Å². The molecule has 0 fully saturated rings. The van der Waals surface area contributed by atoms with Crippen molar-refractivity contribution in [3.05, 3.63) is 59.7 Å². The molecule has 2 aromatic rings. The lowest BCUT2D eigenvalue weighted by molar-refractivity contribution is -0.116. The van der Waals surface area contributed by atoms with Gasteiger partial charge in [-0.25, -0.2) is 0 Å². The molecule has 4 heteroatoms. The predicted octanol–water partition coefficient (Wildman–Crippen LogP) is 3.37. The van der Waals surface area contributed by atoms with Crippen LogP contribution in [0.25, 0.3) is 0 Å². The van der Waals surface area contributed by atoms with Gasteiger partial charge in [-0.05, 0) is 38.1 Å². The van der Waals surface area contributed by atoms with E-state index in [1.54, 1.807) is 4.90 Å². The molecule has 3 rings (SSSR count). The molecule has 112 valence electrons. The smallest absolute Gasteiger partial charge is 0.258 e. The monoisotopic (exact) mass is 294 g/mol. The van der Waals surface area contributed by atoms with Gasteiger partial charge in [0.2, 0.25) is 5.91 Å². The van der Waals surface area contributed by atoms with Crippen LogP contribution in [0.1, 0.15) is 29.3 Å². The van der Waals surface area contributed by atoms with E-state index in [1.807, 2.05) is 62.4 Å². The van der Waals surface area contributed by atoms with Crippen LogP contribution in [0.4, 0.5) is 11.4 Å². The van der Waals surface area contributed by atoms with Crippen molar-refractivity contribution >= 4 is 23.2 Å². The molecule has 1 aliphatic rings. The van der Waals surface area contributed by atoms with Crippen LogP contribution in [0.15, 0.2) is 48.5 Å². The number of hydrogen-bond donors (Lipinski definition) is 1. The molecular formula is C18H18N2O2. The Labute approximate surface area is 129 Å². The second kappa shape index (κ2) is 5.64. The van der Waals surface area contributed by atoms with E-state index in [-0.39, 0.29) is 24.3 Å². The molecule has 0 spiro atoms. The quantitative estimate of drug-likeness (QED) is 0.876. The van der Waals surface area contributed by atoms with Crippen molar-refractivity contribution in [3.8, 4) is 0 Å². The fourth-order valence-electron chi connectivity index (χ4n) is 2.81. The molecule has 0 aromatic heterocycles. The minimum absolute atomic E-state index is 0.0699. The lowest BCUT2D eigenvalue weighted by atomic mass is 10.1. The number of nitrogens with one attached hydrogen (secondary N) is 1. The van der Waals surface area contributed by atoms with Gasteiger partial charge in [0.25, 0.3) is 5.91 Å². The SMILES string of the molecule is Cc1cccc(C(=O)N2c3ccccc3NC(=O)CC2C)c1. The normalized spacial score (nSPS) is 17.5. The maximum Gasteiger partial charge on any atom is 0.258 e. The highest BCUT2D eigenvalue weighted by Gasteiger charge is 2.30. The molecule has 0 aliphatic carbocycles. The van der Waals surface area contributed by atoms with Gasteiger partial charge in [-0.3, -0.25) is 9.59 Å². The highest BCUT2D eigenvalue weighted by molar-refractivity contribution is 6.11. The zero-order valence-corrected chi connectivity index (χ0v) is 12.7. The third-order valence-corrected chi connectivity index (χ3v) is 3.84. The molecule has 2 aromatic carbocycles. The van der Waals surface area contributed by atoms with Crippen molar-refractivity contribution in [3.63, 3.8) is 0 Å². The molecule has 1 N–H and O–H groups in total. The number of carbonyl (C=O) groups excluding carboxylic acids is 2. The summed E-state index contributed by atoms with van der Waals surface area (Å²) >= 11 is 0. The molecule has 0 saturated carbocycles. The van der Waals surface area contributed by atoms with Gasteiger partial charge in [0.1, 0.15) is 0 Å². The Hall–Kier alpha value is -2.62. The minimum Gasteiger partial charge on any atom is -0.324 e. The zero-order chi connectivity index (χ0) is 15.7. The van der Waals surface area contributed by atoms with E-state index < -0.39 is 0 Å².